The second-order valence-electron chi connectivity index (χ2n) is 11.2. The average Bonchev–Trinajstić information content (AvgIpc) is 3.43. The summed E-state index contributed by atoms with van der Waals surface area (Å²) in [7, 11) is 1.65. The standard InChI is InChI=1S/C32H42N2O5/c1-23(26-12-14-28-27(20-26)15-17-38-28)33(21-24-7-4-3-5-8-24)22-25-11-13-29(30(19-25)37-2)39-18-16-34-31(35)9-6-10-32(34)36/h11-14,19-20,23-24H,3-10,15-18,21-22H2,1-2H3. The number of methoxy groups -OCH3 is 1. The Balaban J connectivity index is 1.28. The van der Waals surface area contributed by atoms with Gasteiger partial charge in [0, 0.05) is 38.4 Å². The van der Waals surface area contributed by atoms with Crippen molar-refractivity contribution in [2.75, 3.05) is 33.4 Å². The first-order chi connectivity index (χ1) is 19.0. The van der Waals surface area contributed by atoms with Gasteiger partial charge in [-0.1, -0.05) is 37.5 Å². The summed E-state index contributed by atoms with van der Waals surface area (Å²) in [5, 5.41) is 0. The zero-order chi connectivity index (χ0) is 27.2. The maximum absolute atomic E-state index is 12.1. The second-order valence-corrected chi connectivity index (χ2v) is 11.2. The lowest BCUT2D eigenvalue weighted by molar-refractivity contribution is -0.148. The molecule has 2 amide bonds. The van der Waals surface area contributed by atoms with Crippen LogP contribution in [0.2, 0.25) is 0 Å². The van der Waals surface area contributed by atoms with Crippen molar-refractivity contribution in [3.8, 4) is 17.2 Å². The maximum atomic E-state index is 12.1. The summed E-state index contributed by atoms with van der Waals surface area (Å²) in [5.74, 6) is 2.83. The van der Waals surface area contributed by atoms with E-state index in [9.17, 15) is 9.59 Å². The van der Waals surface area contributed by atoms with Crippen molar-refractivity contribution < 1.29 is 23.8 Å². The fraction of sp³-hybridized carbons (Fsp3) is 0.562. The molecule has 1 aliphatic carbocycles. The molecule has 1 atom stereocenters. The molecule has 3 aliphatic rings. The van der Waals surface area contributed by atoms with E-state index < -0.39 is 0 Å². The van der Waals surface area contributed by atoms with Crippen LogP contribution >= 0.6 is 0 Å². The molecule has 0 aromatic heterocycles. The van der Waals surface area contributed by atoms with Crippen LogP contribution in [0.3, 0.4) is 0 Å². The highest BCUT2D eigenvalue weighted by atomic mass is 16.5. The topological polar surface area (TPSA) is 68.3 Å². The van der Waals surface area contributed by atoms with E-state index in [0.29, 0.717) is 30.8 Å². The maximum Gasteiger partial charge on any atom is 0.229 e. The van der Waals surface area contributed by atoms with Gasteiger partial charge in [0.25, 0.3) is 0 Å². The van der Waals surface area contributed by atoms with Crippen LogP contribution in [0, 0.1) is 5.92 Å². The van der Waals surface area contributed by atoms with Crippen LogP contribution in [0.4, 0.5) is 0 Å². The number of carbonyl (C=O) groups is 2. The highest BCUT2D eigenvalue weighted by molar-refractivity contribution is 5.97. The predicted molar refractivity (Wildman–Crippen MR) is 150 cm³/mol. The number of amides is 2. The lowest BCUT2D eigenvalue weighted by Gasteiger charge is -2.34. The number of rotatable bonds is 11. The summed E-state index contributed by atoms with van der Waals surface area (Å²) in [4.78, 5) is 28.1. The summed E-state index contributed by atoms with van der Waals surface area (Å²) in [5.41, 5.74) is 3.82. The van der Waals surface area contributed by atoms with Crippen LogP contribution < -0.4 is 14.2 Å². The van der Waals surface area contributed by atoms with E-state index in [-0.39, 0.29) is 31.0 Å². The Hall–Kier alpha value is -3.06. The highest BCUT2D eigenvalue weighted by Gasteiger charge is 2.26. The minimum atomic E-state index is -0.111. The summed E-state index contributed by atoms with van der Waals surface area (Å²) < 4.78 is 17.4. The number of nitrogens with zero attached hydrogens (tertiary/aromatic N) is 2. The van der Waals surface area contributed by atoms with Crippen molar-refractivity contribution in [1.82, 2.24) is 9.80 Å². The Morgan fingerprint density at radius 2 is 1.77 bits per heavy atom. The van der Waals surface area contributed by atoms with Crippen LogP contribution in [0.15, 0.2) is 36.4 Å². The fourth-order valence-electron chi connectivity index (χ4n) is 6.20. The van der Waals surface area contributed by atoms with Crippen LogP contribution in [0.5, 0.6) is 17.2 Å². The van der Waals surface area contributed by atoms with Crippen molar-refractivity contribution in [2.45, 2.75) is 77.3 Å². The van der Waals surface area contributed by atoms with Crippen molar-refractivity contribution in [1.29, 1.82) is 0 Å². The molecule has 0 N–H and O–H groups in total. The van der Waals surface area contributed by atoms with E-state index in [4.69, 9.17) is 14.2 Å². The molecule has 210 valence electrons. The minimum Gasteiger partial charge on any atom is -0.493 e. The van der Waals surface area contributed by atoms with Crippen LogP contribution in [0.1, 0.15) is 81.0 Å². The average molecular weight is 535 g/mol. The number of hydrogen-bond donors (Lipinski definition) is 0. The smallest absolute Gasteiger partial charge is 0.229 e. The third-order valence-corrected chi connectivity index (χ3v) is 8.53. The largest absolute Gasteiger partial charge is 0.493 e. The van der Waals surface area contributed by atoms with Gasteiger partial charge in [0.15, 0.2) is 11.5 Å². The Morgan fingerprint density at radius 1 is 0.974 bits per heavy atom. The van der Waals surface area contributed by atoms with E-state index in [2.05, 4.69) is 42.2 Å². The first kappa shape index (κ1) is 27.5. The zero-order valence-corrected chi connectivity index (χ0v) is 23.5. The molecular weight excluding hydrogens is 492 g/mol. The number of benzene rings is 2. The first-order valence-electron chi connectivity index (χ1n) is 14.6. The van der Waals surface area contributed by atoms with Crippen molar-refractivity contribution >= 4 is 11.8 Å². The molecule has 2 aliphatic heterocycles. The summed E-state index contributed by atoms with van der Waals surface area (Å²) in [6, 6.07) is 13.1. The molecule has 2 fully saturated rings. The van der Waals surface area contributed by atoms with Crippen LogP contribution in [0.25, 0.3) is 0 Å². The van der Waals surface area contributed by atoms with Gasteiger partial charge >= 0.3 is 0 Å². The van der Waals surface area contributed by atoms with Gasteiger partial charge in [0.05, 0.1) is 20.3 Å². The second kappa shape index (κ2) is 12.9. The Kier molecular flexibility index (Phi) is 9.07. The number of hydrogen-bond acceptors (Lipinski definition) is 6. The number of fused-ring (bicyclic) bond motifs is 1. The molecule has 1 saturated carbocycles. The SMILES string of the molecule is COc1cc(CN(CC2CCCCC2)C(C)c2ccc3c(c2)CCO3)ccc1OCCN1C(=O)CCCC1=O. The molecule has 2 heterocycles. The molecule has 1 unspecified atom stereocenters. The van der Waals surface area contributed by atoms with Crippen LogP contribution in [-0.2, 0) is 22.6 Å². The normalized spacial score (nSPS) is 18.7. The Morgan fingerprint density at radius 3 is 2.54 bits per heavy atom. The van der Waals surface area contributed by atoms with Gasteiger partial charge in [-0.05, 0) is 67.0 Å². The van der Waals surface area contributed by atoms with Gasteiger partial charge in [0.2, 0.25) is 11.8 Å². The van der Waals surface area contributed by atoms with Crippen molar-refractivity contribution in [3.63, 3.8) is 0 Å². The predicted octanol–water partition coefficient (Wildman–Crippen LogP) is 5.69. The lowest BCUT2D eigenvalue weighted by atomic mass is 9.88. The van der Waals surface area contributed by atoms with Crippen molar-refractivity contribution in [2.24, 2.45) is 5.92 Å². The van der Waals surface area contributed by atoms with Gasteiger partial charge in [0.1, 0.15) is 12.4 Å². The number of likely N-dealkylation sites (tertiary alicyclic amines) is 1. The number of imide groups is 1. The van der Waals surface area contributed by atoms with Gasteiger partial charge in [-0.2, -0.15) is 0 Å². The van der Waals surface area contributed by atoms with E-state index in [1.54, 1.807) is 7.11 Å². The zero-order valence-electron chi connectivity index (χ0n) is 23.5. The summed E-state index contributed by atoms with van der Waals surface area (Å²) >= 11 is 0. The molecule has 39 heavy (non-hydrogen) atoms. The van der Waals surface area contributed by atoms with E-state index in [1.165, 1.54) is 53.7 Å². The molecule has 2 aromatic rings. The molecule has 7 nitrogen and oxygen atoms in total. The first-order valence-corrected chi connectivity index (χ1v) is 14.6. The molecule has 0 radical (unpaired) electrons. The molecule has 0 bridgehead atoms. The Labute approximate surface area is 232 Å². The third-order valence-electron chi connectivity index (χ3n) is 8.53. The highest BCUT2D eigenvalue weighted by Crippen LogP contribution is 2.34. The minimum absolute atomic E-state index is 0.111. The van der Waals surface area contributed by atoms with Gasteiger partial charge in [-0.3, -0.25) is 19.4 Å². The number of piperidine rings is 1. The third kappa shape index (κ3) is 6.75. The molecular formula is C32H42N2O5. The quantitative estimate of drug-likeness (QED) is 0.345. The van der Waals surface area contributed by atoms with Gasteiger partial charge in [-0.15, -0.1) is 0 Å². The molecule has 5 rings (SSSR count). The number of ether oxygens (including phenoxy) is 3. The molecule has 0 spiro atoms. The van der Waals surface area contributed by atoms with E-state index in [1.807, 2.05) is 6.07 Å². The fourth-order valence-corrected chi connectivity index (χ4v) is 6.20. The summed E-state index contributed by atoms with van der Waals surface area (Å²) in [6.07, 6.45) is 9.11. The van der Waals surface area contributed by atoms with Crippen molar-refractivity contribution in [3.05, 3.63) is 53.1 Å². The van der Waals surface area contributed by atoms with Gasteiger partial charge in [-0.25, -0.2) is 0 Å². The molecule has 1 saturated heterocycles. The van der Waals surface area contributed by atoms with E-state index >= 15 is 0 Å². The molecule has 7 heteroatoms. The van der Waals surface area contributed by atoms with Crippen LogP contribution in [-0.4, -0.2) is 55.0 Å². The Bertz CT molecular complexity index is 1140. The van der Waals surface area contributed by atoms with Gasteiger partial charge < -0.3 is 14.2 Å². The monoisotopic (exact) mass is 534 g/mol. The lowest BCUT2D eigenvalue weighted by Crippen LogP contribution is -2.42. The summed E-state index contributed by atoms with van der Waals surface area (Å²) in [6.45, 7) is 5.50. The number of carbonyl (C=O) groups excluding carboxylic acids is 2. The molecule has 2 aromatic carbocycles. The van der Waals surface area contributed by atoms with E-state index in [0.717, 1.165) is 37.8 Å².